The van der Waals surface area contributed by atoms with E-state index in [1.807, 2.05) is 0 Å². The summed E-state index contributed by atoms with van der Waals surface area (Å²) in [5, 5.41) is 0. The highest BCUT2D eigenvalue weighted by molar-refractivity contribution is 5.56. The summed E-state index contributed by atoms with van der Waals surface area (Å²) in [6.07, 6.45) is 2.21. The molecule has 2 aromatic carbocycles. The maximum atomic E-state index is 5.93. The molecule has 0 aromatic heterocycles. The molecule has 0 spiro atoms. The van der Waals surface area contributed by atoms with Gasteiger partial charge in [0.05, 0.1) is 18.7 Å². The molecule has 108 valence electrons. The SMILES string of the molecule is Cc1ccc(N2COc3ccc4c(c3C2)OCCC4)cc1. The van der Waals surface area contributed by atoms with Gasteiger partial charge in [-0.25, -0.2) is 0 Å². The highest BCUT2D eigenvalue weighted by Crippen LogP contribution is 2.39. The first-order valence-corrected chi connectivity index (χ1v) is 7.53. The highest BCUT2D eigenvalue weighted by atomic mass is 16.5. The van der Waals surface area contributed by atoms with Crippen molar-refractivity contribution in [1.82, 2.24) is 0 Å². The molecule has 2 aromatic rings. The monoisotopic (exact) mass is 281 g/mol. The van der Waals surface area contributed by atoms with E-state index in [1.165, 1.54) is 22.4 Å². The number of fused-ring (bicyclic) bond motifs is 3. The van der Waals surface area contributed by atoms with Crippen LogP contribution >= 0.6 is 0 Å². The van der Waals surface area contributed by atoms with E-state index in [-0.39, 0.29) is 0 Å². The van der Waals surface area contributed by atoms with E-state index >= 15 is 0 Å². The molecule has 0 aliphatic carbocycles. The average Bonchev–Trinajstić information content (AvgIpc) is 2.55. The topological polar surface area (TPSA) is 21.7 Å². The van der Waals surface area contributed by atoms with Crippen LogP contribution in [-0.4, -0.2) is 13.3 Å². The molecule has 2 aliphatic heterocycles. The summed E-state index contributed by atoms with van der Waals surface area (Å²) in [6, 6.07) is 12.8. The van der Waals surface area contributed by atoms with Crippen LogP contribution < -0.4 is 14.4 Å². The van der Waals surface area contributed by atoms with Gasteiger partial charge in [-0.1, -0.05) is 23.8 Å². The van der Waals surface area contributed by atoms with Crippen molar-refractivity contribution in [2.75, 3.05) is 18.2 Å². The maximum Gasteiger partial charge on any atom is 0.161 e. The van der Waals surface area contributed by atoms with Crippen molar-refractivity contribution in [3.63, 3.8) is 0 Å². The van der Waals surface area contributed by atoms with Crippen LogP contribution in [0.3, 0.4) is 0 Å². The molecule has 0 unspecified atom stereocenters. The first kappa shape index (κ1) is 12.6. The van der Waals surface area contributed by atoms with E-state index in [9.17, 15) is 0 Å². The molecule has 2 aliphatic rings. The van der Waals surface area contributed by atoms with Gasteiger partial charge < -0.3 is 14.4 Å². The number of rotatable bonds is 1. The largest absolute Gasteiger partial charge is 0.493 e. The molecule has 0 amide bonds. The third-order valence-corrected chi connectivity index (χ3v) is 4.26. The second kappa shape index (κ2) is 4.99. The van der Waals surface area contributed by atoms with Gasteiger partial charge in [0.25, 0.3) is 0 Å². The number of nitrogens with zero attached hydrogens (tertiary/aromatic N) is 1. The summed E-state index contributed by atoms with van der Waals surface area (Å²) in [5.74, 6) is 2.02. The van der Waals surface area contributed by atoms with Crippen molar-refractivity contribution < 1.29 is 9.47 Å². The fourth-order valence-corrected chi connectivity index (χ4v) is 3.06. The van der Waals surface area contributed by atoms with Gasteiger partial charge in [-0.05, 0) is 43.5 Å². The number of anilines is 1. The molecular weight excluding hydrogens is 262 g/mol. The van der Waals surface area contributed by atoms with Crippen LogP contribution in [0.1, 0.15) is 23.1 Å². The Labute approximate surface area is 125 Å². The normalized spacial score (nSPS) is 16.5. The third kappa shape index (κ3) is 2.23. The van der Waals surface area contributed by atoms with Gasteiger partial charge in [-0.3, -0.25) is 0 Å². The van der Waals surface area contributed by atoms with Crippen LogP contribution in [0.5, 0.6) is 11.5 Å². The molecule has 4 rings (SSSR count). The fourth-order valence-electron chi connectivity index (χ4n) is 3.06. The molecule has 0 bridgehead atoms. The molecule has 3 nitrogen and oxygen atoms in total. The zero-order valence-corrected chi connectivity index (χ0v) is 12.3. The molecule has 0 radical (unpaired) electrons. The van der Waals surface area contributed by atoms with Gasteiger partial charge in [-0.2, -0.15) is 0 Å². The predicted octanol–water partition coefficient (Wildman–Crippen LogP) is 3.68. The van der Waals surface area contributed by atoms with E-state index in [0.717, 1.165) is 37.5 Å². The molecule has 0 N–H and O–H groups in total. The molecule has 2 heterocycles. The minimum atomic E-state index is 0.592. The quantitative estimate of drug-likeness (QED) is 0.796. The van der Waals surface area contributed by atoms with Gasteiger partial charge in [-0.15, -0.1) is 0 Å². The zero-order chi connectivity index (χ0) is 14.2. The Morgan fingerprint density at radius 1 is 1.00 bits per heavy atom. The Kier molecular flexibility index (Phi) is 2.99. The first-order valence-electron chi connectivity index (χ1n) is 7.53. The fraction of sp³-hybridized carbons (Fsp3) is 0.333. The summed E-state index contributed by atoms with van der Waals surface area (Å²) >= 11 is 0. The lowest BCUT2D eigenvalue weighted by molar-refractivity contribution is 0.260. The summed E-state index contributed by atoms with van der Waals surface area (Å²) < 4.78 is 11.9. The Hall–Kier alpha value is -2.16. The minimum Gasteiger partial charge on any atom is -0.493 e. The average molecular weight is 281 g/mol. The highest BCUT2D eigenvalue weighted by Gasteiger charge is 2.25. The van der Waals surface area contributed by atoms with Crippen LogP contribution in [0.2, 0.25) is 0 Å². The molecule has 3 heteroatoms. The number of ether oxygens (including phenoxy) is 2. The lowest BCUT2D eigenvalue weighted by Gasteiger charge is -2.33. The lowest BCUT2D eigenvalue weighted by atomic mass is 10.0. The van der Waals surface area contributed by atoms with E-state index in [2.05, 4.69) is 48.2 Å². The Bertz CT molecular complexity index is 664. The van der Waals surface area contributed by atoms with E-state index in [1.54, 1.807) is 0 Å². The maximum absolute atomic E-state index is 5.93. The molecule has 21 heavy (non-hydrogen) atoms. The molecular formula is C18H19NO2. The number of hydrogen-bond donors (Lipinski definition) is 0. The summed E-state index contributed by atoms with van der Waals surface area (Å²) in [7, 11) is 0. The van der Waals surface area contributed by atoms with Crippen molar-refractivity contribution in [3.8, 4) is 11.5 Å². The standard InChI is InChI=1S/C18H19NO2/c1-13-4-7-15(8-5-13)19-11-16-17(21-12-19)9-6-14-3-2-10-20-18(14)16/h4-9H,2-3,10-12H2,1H3. The number of benzene rings is 2. The van der Waals surface area contributed by atoms with Crippen LogP contribution in [0.15, 0.2) is 36.4 Å². The van der Waals surface area contributed by atoms with Crippen molar-refractivity contribution in [1.29, 1.82) is 0 Å². The van der Waals surface area contributed by atoms with Crippen LogP contribution in [-0.2, 0) is 13.0 Å². The van der Waals surface area contributed by atoms with Crippen LogP contribution in [0, 0.1) is 6.92 Å². The molecule has 0 fully saturated rings. The van der Waals surface area contributed by atoms with Crippen molar-refractivity contribution in [2.45, 2.75) is 26.3 Å². The molecule has 0 atom stereocenters. The van der Waals surface area contributed by atoms with Gasteiger partial charge in [0.2, 0.25) is 0 Å². The van der Waals surface area contributed by atoms with Crippen LogP contribution in [0.4, 0.5) is 5.69 Å². The zero-order valence-electron chi connectivity index (χ0n) is 12.3. The van der Waals surface area contributed by atoms with Gasteiger partial charge in [0.1, 0.15) is 11.5 Å². The van der Waals surface area contributed by atoms with Crippen molar-refractivity contribution >= 4 is 5.69 Å². The Morgan fingerprint density at radius 2 is 1.86 bits per heavy atom. The number of hydrogen-bond acceptors (Lipinski definition) is 3. The number of aryl methyl sites for hydroxylation is 2. The van der Waals surface area contributed by atoms with Crippen LogP contribution in [0.25, 0.3) is 0 Å². The van der Waals surface area contributed by atoms with Crippen molar-refractivity contribution in [2.24, 2.45) is 0 Å². The molecule has 0 saturated carbocycles. The van der Waals surface area contributed by atoms with E-state index in [4.69, 9.17) is 9.47 Å². The van der Waals surface area contributed by atoms with Gasteiger partial charge in [0.15, 0.2) is 6.73 Å². The van der Waals surface area contributed by atoms with E-state index in [0.29, 0.717) is 6.73 Å². The molecule has 0 saturated heterocycles. The minimum absolute atomic E-state index is 0.592. The Balaban J connectivity index is 1.69. The summed E-state index contributed by atoms with van der Waals surface area (Å²) in [5.41, 5.74) is 4.98. The second-order valence-corrected chi connectivity index (χ2v) is 5.79. The summed E-state index contributed by atoms with van der Waals surface area (Å²) in [4.78, 5) is 2.25. The second-order valence-electron chi connectivity index (χ2n) is 5.79. The predicted molar refractivity (Wildman–Crippen MR) is 83.1 cm³/mol. The van der Waals surface area contributed by atoms with Gasteiger partial charge in [0, 0.05) is 5.69 Å². The Morgan fingerprint density at radius 3 is 2.71 bits per heavy atom. The van der Waals surface area contributed by atoms with Crippen molar-refractivity contribution in [3.05, 3.63) is 53.1 Å². The smallest absolute Gasteiger partial charge is 0.161 e. The van der Waals surface area contributed by atoms with Gasteiger partial charge >= 0.3 is 0 Å². The van der Waals surface area contributed by atoms with E-state index < -0.39 is 0 Å². The third-order valence-electron chi connectivity index (χ3n) is 4.26. The first-order chi connectivity index (χ1) is 10.3. The summed E-state index contributed by atoms with van der Waals surface area (Å²) in [6.45, 7) is 4.36. The lowest BCUT2D eigenvalue weighted by Crippen LogP contribution is -2.32.